The minimum atomic E-state index is -0.164. The summed E-state index contributed by atoms with van der Waals surface area (Å²) >= 11 is 0. The summed E-state index contributed by atoms with van der Waals surface area (Å²) in [6.45, 7) is 10.2. The molecule has 2 rings (SSSR count). The lowest BCUT2D eigenvalue weighted by atomic mass is 9.89. The van der Waals surface area contributed by atoms with Crippen molar-refractivity contribution in [1.82, 2.24) is 4.90 Å². The van der Waals surface area contributed by atoms with Crippen LogP contribution in [0.2, 0.25) is 0 Å². The van der Waals surface area contributed by atoms with Gasteiger partial charge in [0.25, 0.3) is 0 Å². The topological polar surface area (TPSA) is 50.9 Å². The SMILES string of the molecule is CCCOc1ccc(C2(C)CN=C(N)N2C(C)CC)cc1. The van der Waals surface area contributed by atoms with E-state index in [0.29, 0.717) is 18.5 Å². The first-order valence-electron chi connectivity index (χ1n) is 7.85. The van der Waals surface area contributed by atoms with Gasteiger partial charge in [-0.15, -0.1) is 0 Å². The molecule has 1 aliphatic rings. The lowest BCUT2D eigenvalue weighted by molar-refractivity contribution is 0.171. The molecule has 1 aliphatic heterocycles. The summed E-state index contributed by atoms with van der Waals surface area (Å²) < 4.78 is 5.66. The van der Waals surface area contributed by atoms with Gasteiger partial charge < -0.3 is 15.4 Å². The first kappa shape index (κ1) is 15.7. The van der Waals surface area contributed by atoms with Crippen LogP contribution in [-0.4, -0.2) is 30.1 Å². The molecule has 4 nitrogen and oxygen atoms in total. The largest absolute Gasteiger partial charge is 0.494 e. The molecule has 4 heteroatoms. The molecule has 0 aromatic heterocycles. The molecule has 1 heterocycles. The van der Waals surface area contributed by atoms with E-state index in [1.807, 2.05) is 12.1 Å². The van der Waals surface area contributed by atoms with Crippen LogP contribution in [0.15, 0.2) is 29.3 Å². The molecule has 0 fully saturated rings. The molecule has 0 saturated carbocycles. The second-order valence-corrected chi connectivity index (χ2v) is 5.95. The Morgan fingerprint density at radius 2 is 2.00 bits per heavy atom. The monoisotopic (exact) mass is 289 g/mol. The maximum atomic E-state index is 6.12. The number of rotatable bonds is 6. The van der Waals surface area contributed by atoms with Crippen molar-refractivity contribution in [3.63, 3.8) is 0 Å². The summed E-state index contributed by atoms with van der Waals surface area (Å²) in [4.78, 5) is 6.72. The third kappa shape index (κ3) is 2.99. The molecule has 2 atom stereocenters. The first-order valence-corrected chi connectivity index (χ1v) is 7.85. The Morgan fingerprint density at radius 3 is 2.57 bits per heavy atom. The molecule has 0 bridgehead atoms. The second-order valence-electron chi connectivity index (χ2n) is 5.95. The number of aliphatic imine (C=N–C) groups is 1. The lowest BCUT2D eigenvalue weighted by Crippen LogP contribution is -2.51. The van der Waals surface area contributed by atoms with Crippen LogP contribution in [0.5, 0.6) is 5.75 Å². The zero-order chi connectivity index (χ0) is 15.5. The molecule has 2 N–H and O–H groups in total. The van der Waals surface area contributed by atoms with Gasteiger partial charge in [0.15, 0.2) is 5.96 Å². The van der Waals surface area contributed by atoms with Crippen molar-refractivity contribution in [2.45, 2.75) is 52.1 Å². The molecule has 0 amide bonds. The molecular formula is C17H27N3O. The predicted molar refractivity (Wildman–Crippen MR) is 87.7 cm³/mol. The van der Waals surface area contributed by atoms with Gasteiger partial charge in [-0.3, -0.25) is 4.99 Å². The van der Waals surface area contributed by atoms with E-state index in [0.717, 1.165) is 25.2 Å². The predicted octanol–water partition coefficient (Wildman–Crippen LogP) is 3.12. The Kier molecular flexibility index (Phi) is 4.76. The summed E-state index contributed by atoms with van der Waals surface area (Å²) in [6, 6.07) is 8.72. The van der Waals surface area contributed by atoms with E-state index >= 15 is 0 Å². The van der Waals surface area contributed by atoms with Crippen molar-refractivity contribution in [2.75, 3.05) is 13.2 Å². The highest BCUT2D eigenvalue weighted by molar-refractivity contribution is 5.81. The van der Waals surface area contributed by atoms with Crippen LogP contribution in [0, 0.1) is 0 Å². The van der Waals surface area contributed by atoms with E-state index in [1.165, 1.54) is 5.56 Å². The van der Waals surface area contributed by atoms with Crippen molar-refractivity contribution >= 4 is 5.96 Å². The normalized spacial score (nSPS) is 23.0. The standard InChI is InChI=1S/C17H27N3O/c1-5-11-21-15-9-7-14(8-10-15)17(4)12-19-16(18)20(17)13(3)6-2/h7-10,13H,5-6,11-12H2,1-4H3,(H2,18,19). The third-order valence-electron chi connectivity index (χ3n) is 4.31. The van der Waals surface area contributed by atoms with E-state index in [2.05, 4.69) is 49.7 Å². The van der Waals surface area contributed by atoms with Gasteiger partial charge in [0, 0.05) is 6.04 Å². The van der Waals surface area contributed by atoms with Crippen LogP contribution >= 0.6 is 0 Å². The summed E-state index contributed by atoms with van der Waals surface area (Å²) in [7, 11) is 0. The van der Waals surface area contributed by atoms with E-state index in [1.54, 1.807) is 0 Å². The second kappa shape index (κ2) is 6.37. The maximum absolute atomic E-state index is 6.12. The van der Waals surface area contributed by atoms with Gasteiger partial charge >= 0.3 is 0 Å². The van der Waals surface area contributed by atoms with Crippen molar-refractivity contribution in [2.24, 2.45) is 10.7 Å². The highest BCUT2D eigenvalue weighted by atomic mass is 16.5. The molecular weight excluding hydrogens is 262 g/mol. The Morgan fingerprint density at radius 1 is 1.33 bits per heavy atom. The lowest BCUT2D eigenvalue weighted by Gasteiger charge is -2.40. The Balaban J connectivity index is 2.23. The quantitative estimate of drug-likeness (QED) is 0.875. The fourth-order valence-corrected chi connectivity index (χ4v) is 2.90. The van der Waals surface area contributed by atoms with Crippen molar-refractivity contribution in [1.29, 1.82) is 0 Å². The molecule has 0 aliphatic carbocycles. The van der Waals surface area contributed by atoms with Crippen LogP contribution in [0.4, 0.5) is 0 Å². The van der Waals surface area contributed by atoms with E-state index in [4.69, 9.17) is 10.5 Å². The van der Waals surface area contributed by atoms with Gasteiger partial charge in [0.1, 0.15) is 5.75 Å². The van der Waals surface area contributed by atoms with Crippen LogP contribution in [0.25, 0.3) is 0 Å². The number of nitrogens with zero attached hydrogens (tertiary/aromatic N) is 2. The molecule has 116 valence electrons. The van der Waals surface area contributed by atoms with Gasteiger partial charge in [0.2, 0.25) is 0 Å². The molecule has 1 aromatic rings. The fourth-order valence-electron chi connectivity index (χ4n) is 2.90. The van der Waals surface area contributed by atoms with Crippen LogP contribution in [-0.2, 0) is 5.54 Å². The first-order chi connectivity index (χ1) is 10.0. The highest BCUT2D eigenvalue weighted by Crippen LogP contribution is 2.35. The number of guanidine groups is 1. The van der Waals surface area contributed by atoms with E-state index in [9.17, 15) is 0 Å². The molecule has 21 heavy (non-hydrogen) atoms. The van der Waals surface area contributed by atoms with E-state index < -0.39 is 0 Å². The minimum absolute atomic E-state index is 0.164. The fraction of sp³-hybridized carbons (Fsp3) is 0.588. The Hall–Kier alpha value is -1.71. The summed E-state index contributed by atoms with van der Waals surface area (Å²) in [5.41, 5.74) is 7.18. The average molecular weight is 289 g/mol. The van der Waals surface area contributed by atoms with Gasteiger partial charge in [-0.2, -0.15) is 0 Å². The third-order valence-corrected chi connectivity index (χ3v) is 4.31. The summed E-state index contributed by atoms with van der Waals surface area (Å²) in [5, 5.41) is 0. The zero-order valence-corrected chi connectivity index (χ0v) is 13.6. The number of ether oxygens (including phenoxy) is 1. The maximum Gasteiger partial charge on any atom is 0.192 e. The number of nitrogens with two attached hydrogens (primary N) is 1. The number of hydrogen-bond acceptors (Lipinski definition) is 4. The Labute approximate surface area is 128 Å². The summed E-state index contributed by atoms with van der Waals surface area (Å²) in [5.74, 6) is 1.57. The van der Waals surface area contributed by atoms with Crippen LogP contribution < -0.4 is 10.5 Å². The molecule has 0 radical (unpaired) electrons. The molecule has 1 aromatic carbocycles. The van der Waals surface area contributed by atoms with Crippen LogP contribution in [0.3, 0.4) is 0 Å². The Bertz CT molecular complexity index is 497. The number of benzene rings is 1. The molecule has 0 saturated heterocycles. The highest BCUT2D eigenvalue weighted by Gasteiger charge is 2.41. The molecule has 2 unspecified atom stereocenters. The smallest absolute Gasteiger partial charge is 0.192 e. The minimum Gasteiger partial charge on any atom is -0.494 e. The van der Waals surface area contributed by atoms with Crippen molar-refractivity contribution in [3.8, 4) is 5.75 Å². The van der Waals surface area contributed by atoms with Gasteiger partial charge in [-0.05, 0) is 44.4 Å². The van der Waals surface area contributed by atoms with Crippen molar-refractivity contribution < 1.29 is 4.74 Å². The number of hydrogen-bond donors (Lipinski definition) is 1. The van der Waals surface area contributed by atoms with Crippen molar-refractivity contribution in [3.05, 3.63) is 29.8 Å². The zero-order valence-electron chi connectivity index (χ0n) is 13.6. The van der Waals surface area contributed by atoms with Gasteiger partial charge in [0.05, 0.1) is 18.7 Å². The average Bonchev–Trinajstić information content (AvgIpc) is 2.81. The van der Waals surface area contributed by atoms with Crippen LogP contribution in [0.1, 0.15) is 46.1 Å². The summed E-state index contributed by atoms with van der Waals surface area (Å²) in [6.07, 6.45) is 2.06. The van der Waals surface area contributed by atoms with Gasteiger partial charge in [-0.1, -0.05) is 26.0 Å². The molecule has 0 spiro atoms. The van der Waals surface area contributed by atoms with Gasteiger partial charge in [-0.25, -0.2) is 0 Å². The van der Waals surface area contributed by atoms with E-state index in [-0.39, 0.29) is 5.54 Å².